The van der Waals surface area contributed by atoms with Crippen molar-refractivity contribution in [2.24, 2.45) is 10.9 Å². The summed E-state index contributed by atoms with van der Waals surface area (Å²) < 4.78 is 27.8. The van der Waals surface area contributed by atoms with Crippen LogP contribution >= 0.6 is 11.3 Å². The van der Waals surface area contributed by atoms with E-state index in [1.807, 2.05) is 31.4 Å². The van der Waals surface area contributed by atoms with E-state index in [0.717, 1.165) is 46.2 Å². The first kappa shape index (κ1) is 25.1. The fourth-order valence-electron chi connectivity index (χ4n) is 5.52. The van der Waals surface area contributed by atoms with Gasteiger partial charge in [0.1, 0.15) is 11.4 Å². The van der Waals surface area contributed by atoms with Crippen molar-refractivity contribution in [3.63, 3.8) is 0 Å². The molecule has 5 rings (SSSR count). The number of aryl methyl sites for hydroxylation is 2. The van der Waals surface area contributed by atoms with E-state index in [1.165, 1.54) is 40.3 Å². The number of aromatic nitrogens is 1. The highest BCUT2D eigenvalue weighted by Crippen LogP contribution is 2.35. The van der Waals surface area contributed by atoms with Gasteiger partial charge in [0.2, 0.25) is 10.0 Å². The summed E-state index contributed by atoms with van der Waals surface area (Å²) in [6.07, 6.45) is 9.99. The monoisotopic (exact) mass is 527 g/mol. The van der Waals surface area contributed by atoms with Gasteiger partial charge in [-0.25, -0.2) is 13.4 Å². The molecule has 2 aromatic rings. The van der Waals surface area contributed by atoms with Crippen molar-refractivity contribution >= 4 is 50.0 Å². The highest BCUT2D eigenvalue weighted by atomic mass is 32.2. The molecule has 2 fully saturated rings. The lowest BCUT2D eigenvalue weighted by Crippen LogP contribution is -2.50. The van der Waals surface area contributed by atoms with Gasteiger partial charge >= 0.3 is 0 Å². The van der Waals surface area contributed by atoms with Gasteiger partial charge < -0.3 is 10.6 Å². The van der Waals surface area contributed by atoms with Crippen molar-refractivity contribution in [1.82, 2.24) is 14.6 Å². The van der Waals surface area contributed by atoms with E-state index in [0.29, 0.717) is 18.8 Å². The zero-order valence-electron chi connectivity index (χ0n) is 20.8. The van der Waals surface area contributed by atoms with Crippen LogP contribution in [0.15, 0.2) is 34.1 Å². The maximum atomic E-state index is 13.1. The molecule has 2 N–H and O–H groups in total. The zero-order chi connectivity index (χ0) is 25.3. The predicted octanol–water partition coefficient (Wildman–Crippen LogP) is 4.75. The van der Waals surface area contributed by atoms with Crippen LogP contribution in [-0.4, -0.2) is 48.1 Å². The summed E-state index contributed by atoms with van der Waals surface area (Å²) in [6, 6.07) is 3.98. The molecule has 1 saturated heterocycles. The Balaban J connectivity index is 1.25. The molecule has 1 aliphatic carbocycles. The molecular formula is C26H33N5O3S2. The summed E-state index contributed by atoms with van der Waals surface area (Å²) in [5, 5.41) is 10.3. The van der Waals surface area contributed by atoms with Crippen LogP contribution in [0, 0.1) is 19.8 Å². The van der Waals surface area contributed by atoms with Crippen LogP contribution in [-0.2, 0) is 14.8 Å². The molecular weight excluding hydrogens is 494 g/mol. The number of hydrogen-bond acceptors (Lipinski definition) is 7. The van der Waals surface area contributed by atoms with Crippen LogP contribution in [0.4, 0.5) is 10.8 Å². The van der Waals surface area contributed by atoms with Crippen molar-refractivity contribution in [3.8, 4) is 0 Å². The van der Waals surface area contributed by atoms with Crippen LogP contribution in [0.5, 0.6) is 0 Å². The van der Waals surface area contributed by atoms with Gasteiger partial charge in [0.25, 0.3) is 5.91 Å². The molecule has 1 spiro atoms. The lowest BCUT2D eigenvalue weighted by Gasteiger charge is -2.34. The molecule has 192 valence electrons. The van der Waals surface area contributed by atoms with Crippen molar-refractivity contribution in [2.45, 2.75) is 64.3 Å². The standard InChI is InChI=1S/C26H33N5O3S2/c1-18-16-21(28-25-27-11-14-35-25)17-19(2)22(18)8-15-36(33,34)31-12-9-26(10-13-31)24(32)29-23(30-26)20-6-4-3-5-7-20/h8,11,14-17,20H,3-7,9-10,12-13H2,1-2H3,(H,27,28)(H,29,30,32)/b15-8+. The summed E-state index contributed by atoms with van der Waals surface area (Å²) in [5.41, 5.74) is 2.95. The van der Waals surface area contributed by atoms with Gasteiger partial charge in [0.15, 0.2) is 5.13 Å². The normalized spacial score (nSPS) is 21.2. The predicted molar refractivity (Wildman–Crippen MR) is 145 cm³/mol. The average Bonchev–Trinajstić information content (AvgIpc) is 3.47. The highest BCUT2D eigenvalue weighted by Gasteiger charge is 2.48. The van der Waals surface area contributed by atoms with Gasteiger partial charge in [-0.1, -0.05) is 19.3 Å². The molecule has 36 heavy (non-hydrogen) atoms. The SMILES string of the molecule is Cc1cc(Nc2nccs2)cc(C)c1/C=C/S(=O)(=O)N1CCC2(CC1)N=C(C1CCCCC1)NC2=O. The fourth-order valence-corrected chi connectivity index (χ4v) is 7.24. The van der Waals surface area contributed by atoms with Gasteiger partial charge in [-0.2, -0.15) is 4.31 Å². The van der Waals surface area contributed by atoms with Gasteiger partial charge in [-0.05, 0) is 74.4 Å². The largest absolute Gasteiger partial charge is 0.332 e. The van der Waals surface area contributed by atoms with Crippen LogP contribution in [0.3, 0.4) is 0 Å². The minimum atomic E-state index is -3.62. The lowest BCUT2D eigenvalue weighted by atomic mass is 9.88. The molecule has 2 aliphatic heterocycles. The van der Waals surface area contributed by atoms with E-state index in [9.17, 15) is 13.2 Å². The van der Waals surface area contributed by atoms with Crippen LogP contribution in [0.2, 0.25) is 0 Å². The van der Waals surface area contributed by atoms with E-state index in [4.69, 9.17) is 4.99 Å². The van der Waals surface area contributed by atoms with E-state index in [2.05, 4.69) is 15.6 Å². The Morgan fingerprint density at radius 3 is 2.47 bits per heavy atom. The number of sulfonamides is 1. The van der Waals surface area contributed by atoms with E-state index < -0.39 is 15.6 Å². The van der Waals surface area contributed by atoms with E-state index in [-0.39, 0.29) is 19.0 Å². The maximum absolute atomic E-state index is 13.1. The van der Waals surface area contributed by atoms with Gasteiger partial charge in [0, 0.05) is 41.7 Å². The fraction of sp³-hybridized carbons (Fsp3) is 0.500. The number of nitrogens with zero attached hydrogens (tertiary/aromatic N) is 3. The second kappa shape index (κ2) is 10.1. The van der Waals surface area contributed by atoms with Gasteiger partial charge in [-0.3, -0.25) is 9.79 Å². The molecule has 0 unspecified atom stereocenters. The summed E-state index contributed by atoms with van der Waals surface area (Å²) in [4.78, 5) is 22.0. The molecule has 3 heterocycles. The minimum Gasteiger partial charge on any atom is -0.332 e. The topological polar surface area (TPSA) is 104 Å². The molecule has 1 saturated carbocycles. The minimum absolute atomic E-state index is 0.0617. The Bertz CT molecular complexity index is 1260. The molecule has 3 aliphatic rings. The second-order valence-corrected chi connectivity index (χ2v) is 12.8. The van der Waals surface area contributed by atoms with Crippen LogP contribution in [0.1, 0.15) is 61.6 Å². The molecule has 10 heteroatoms. The first-order valence-corrected chi connectivity index (χ1v) is 15.0. The number of amidine groups is 1. The molecule has 1 aromatic carbocycles. The summed E-state index contributed by atoms with van der Waals surface area (Å²) in [5.74, 6) is 1.10. The third kappa shape index (κ3) is 5.12. The first-order valence-electron chi connectivity index (χ1n) is 12.6. The molecule has 0 atom stereocenters. The van der Waals surface area contributed by atoms with Crippen molar-refractivity contribution in [2.75, 3.05) is 18.4 Å². The van der Waals surface area contributed by atoms with Crippen molar-refractivity contribution < 1.29 is 13.2 Å². The number of amides is 1. The summed E-state index contributed by atoms with van der Waals surface area (Å²) in [7, 11) is -3.62. The number of carbonyl (C=O) groups excluding carboxylic acids is 1. The second-order valence-electron chi connectivity index (χ2n) is 10.1. The third-order valence-corrected chi connectivity index (χ3v) is 9.84. The number of rotatable bonds is 6. The van der Waals surface area contributed by atoms with E-state index >= 15 is 0 Å². The molecule has 0 bridgehead atoms. The number of thiazole rings is 1. The Labute approximate surface area is 217 Å². The smallest absolute Gasteiger partial charge is 0.253 e. The summed E-state index contributed by atoms with van der Waals surface area (Å²) >= 11 is 1.52. The Morgan fingerprint density at radius 1 is 1.14 bits per heavy atom. The van der Waals surface area contributed by atoms with Crippen LogP contribution < -0.4 is 10.6 Å². The lowest BCUT2D eigenvalue weighted by molar-refractivity contribution is -0.124. The van der Waals surface area contributed by atoms with E-state index in [1.54, 1.807) is 12.3 Å². The Hall–Kier alpha value is -2.56. The highest BCUT2D eigenvalue weighted by molar-refractivity contribution is 7.92. The van der Waals surface area contributed by atoms with Gasteiger partial charge in [-0.15, -0.1) is 11.3 Å². The summed E-state index contributed by atoms with van der Waals surface area (Å²) in [6.45, 7) is 4.52. The number of carbonyl (C=O) groups is 1. The van der Waals surface area contributed by atoms with Gasteiger partial charge in [0.05, 0.1) is 0 Å². The van der Waals surface area contributed by atoms with Crippen molar-refractivity contribution in [1.29, 1.82) is 0 Å². The molecule has 0 radical (unpaired) electrons. The molecule has 1 aromatic heterocycles. The number of benzene rings is 1. The number of piperidine rings is 1. The van der Waals surface area contributed by atoms with Crippen LogP contribution in [0.25, 0.3) is 6.08 Å². The number of nitrogens with one attached hydrogen (secondary N) is 2. The number of aliphatic imine (C=N–C) groups is 1. The number of hydrogen-bond donors (Lipinski definition) is 2. The number of anilines is 2. The Morgan fingerprint density at radius 2 is 1.83 bits per heavy atom. The first-order chi connectivity index (χ1) is 17.3. The van der Waals surface area contributed by atoms with Crippen molar-refractivity contribution in [3.05, 3.63) is 45.8 Å². The average molecular weight is 528 g/mol. The quantitative estimate of drug-likeness (QED) is 0.564. The molecule has 8 nitrogen and oxygen atoms in total. The third-order valence-electron chi connectivity index (χ3n) is 7.58. The Kier molecular flexibility index (Phi) is 7.02. The zero-order valence-corrected chi connectivity index (χ0v) is 22.4. The maximum Gasteiger partial charge on any atom is 0.253 e. The molecule has 1 amide bonds.